The van der Waals surface area contributed by atoms with E-state index in [4.69, 9.17) is 0 Å². The summed E-state index contributed by atoms with van der Waals surface area (Å²) in [6.07, 6.45) is 2.48. The van der Waals surface area contributed by atoms with Crippen molar-refractivity contribution < 1.29 is 4.79 Å². The Bertz CT molecular complexity index is 975. The maximum absolute atomic E-state index is 12.5. The quantitative estimate of drug-likeness (QED) is 0.759. The minimum atomic E-state index is -0.0478. The Morgan fingerprint density at radius 1 is 1.24 bits per heavy atom. The van der Waals surface area contributed by atoms with Gasteiger partial charge in [0.1, 0.15) is 5.22 Å². The first kappa shape index (κ1) is 16.3. The predicted octanol–water partition coefficient (Wildman–Crippen LogP) is 2.45. The summed E-state index contributed by atoms with van der Waals surface area (Å²) >= 11 is 3.47. The summed E-state index contributed by atoms with van der Waals surface area (Å²) in [5, 5.41) is 8.41. The van der Waals surface area contributed by atoms with Crippen molar-refractivity contribution in [3.8, 4) is 0 Å². The molecule has 0 aromatic heterocycles. The fraction of sp³-hybridized carbons (Fsp3) is 0.300. The molecular formula is C20H21BrN3O+. The lowest BCUT2D eigenvalue weighted by molar-refractivity contribution is -0.115. The lowest BCUT2D eigenvalue weighted by Gasteiger charge is -2.16. The van der Waals surface area contributed by atoms with Crippen LogP contribution in [0.3, 0.4) is 0 Å². The molecule has 1 aliphatic heterocycles. The third-order valence-electron chi connectivity index (χ3n) is 4.80. The van der Waals surface area contributed by atoms with Crippen molar-refractivity contribution in [3.63, 3.8) is 0 Å². The molecule has 1 aliphatic carbocycles. The van der Waals surface area contributed by atoms with Crippen molar-refractivity contribution in [2.24, 2.45) is 0 Å². The highest BCUT2D eigenvalue weighted by atomic mass is 79.9. The highest BCUT2D eigenvalue weighted by Gasteiger charge is 2.36. The van der Waals surface area contributed by atoms with Gasteiger partial charge >= 0.3 is 5.91 Å². The third kappa shape index (κ3) is 2.76. The fourth-order valence-electron chi connectivity index (χ4n) is 3.44. The number of benzene rings is 2. The van der Waals surface area contributed by atoms with Crippen molar-refractivity contribution in [1.82, 2.24) is 9.89 Å². The van der Waals surface area contributed by atoms with Crippen molar-refractivity contribution in [2.45, 2.75) is 25.7 Å². The normalized spacial score (nSPS) is 15.5. The zero-order chi connectivity index (χ0) is 17.6. The molecule has 1 amide bonds. The van der Waals surface area contributed by atoms with Crippen LogP contribution in [0.15, 0.2) is 40.9 Å². The molecule has 0 spiro atoms. The number of hydrogen-bond donors (Lipinski definition) is 2. The highest BCUT2D eigenvalue weighted by molar-refractivity contribution is 9.10. The van der Waals surface area contributed by atoms with Gasteiger partial charge < -0.3 is 10.6 Å². The Hall–Kier alpha value is -2.14. The molecule has 0 radical (unpaired) electrons. The predicted molar refractivity (Wildman–Crippen MR) is 104 cm³/mol. The van der Waals surface area contributed by atoms with Crippen LogP contribution in [0.2, 0.25) is 0 Å². The van der Waals surface area contributed by atoms with Crippen molar-refractivity contribution in [2.75, 3.05) is 18.9 Å². The van der Waals surface area contributed by atoms with E-state index in [0.29, 0.717) is 5.92 Å². The summed E-state index contributed by atoms with van der Waals surface area (Å²) in [5.41, 5.74) is 4.26. The van der Waals surface area contributed by atoms with Crippen LogP contribution in [0, 0.1) is 0 Å². The average molecular weight is 399 g/mol. The van der Waals surface area contributed by atoms with E-state index in [1.807, 2.05) is 28.8 Å². The second kappa shape index (κ2) is 6.30. The minimum Gasteiger partial charge on any atom is -0.385 e. The zero-order valence-corrected chi connectivity index (χ0v) is 16.0. The number of amides is 1. The average Bonchev–Trinajstić information content (AvgIpc) is 3.43. The molecular weight excluding hydrogens is 378 g/mol. The number of nitrogens with zero attached hydrogens (tertiary/aromatic N) is 1. The fourth-order valence-corrected chi connectivity index (χ4v) is 3.71. The van der Waals surface area contributed by atoms with Gasteiger partial charge in [0.2, 0.25) is 11.0 Å². The molecule has 1 fully saturated rings. The van der Waals surface area contributed by atoms with Gasteiger partial charge in [-0.3, -0.25) is 4.79 Å². The molecule has 5 heteroatoms. The summed E-state index contributed by atoms with van der Waals surface area (Å²) < 4.78 is 3.06. The SMILES string of the molecule is CCNc1cc2c(cc1C1CC1)=C(C(=O)NC)[N+]=2c1ccc(Br)cc1. The first-order valence-electron chi connectivity index (χ1n) is 8.71. The molecule has 0 saturated heterocycles. The van der Waals surface area contributed by atoms with Crippen LogP contribution in [-0.4, -0.2) is 19.5 Å². The molecule has 1 saturated carbocycles. The number of fused-ring (bicyclic) bond motifs is 1. The van der Waals surface area contributed by atoms with Crippen LogP contribution in [-0.2, 0) is 4.79 Å². The smallest absolute Gasteiger partial charge is 0.317 e. The Balaban J connectivity index is 1.95. The largest absolute Gasteiger partial charge is 0.385 e. The van der Waals surface area contributed by atoms with Gasteiger partial charge in [0.25, 0.3) is 5.70 Å². The van der Waals surface area contributed by atoms with Crippen LogP contribution in [0.5, 0.6) is 0 Å². The molecule has 0 bridgehead atoms. The maximum Gasteiger partial charge on any atom is 0.317 e. The molecule has 25 heavy (non-hydrogen) atoms. The van der Waals surface area contributed by atoms with Crippen LogP contribution < -0.4 is 25.8 Å². The lowest BCUT2D eigenvalue weighted by atomic mass is 10.0. The molecule has 2 aliphatic rings. The summed E-state index contributed by atoms with van der Waals surface area (Å²) in [5.74, 6) is 0.584. The molecule has 128 valence electrons. The molecule has 2 N–H and O–H groups in total. The van der Waals surface area contributed by atoms with Crippen molar-refractivity contribution in [3.05, 3.63) is 57.0 Å². The first-order chi connectivity index (χ1) is 12.1. The molecule has 0 unspecified atom stereocenters. The highest BCUT2D eigenvalue weighted by Crippen LogP contribution is 2.42. The summed E-state index contributed by atoms with van der Waals surface area (Å²) in [6.45, 7) is 3.01. The van der Waals surface area contributed by atoms with E-state index in [1.165, 1.54) is 24.1 Å². The van der Waals surface area contributed by atoms with E-state index in [-0.39, 0.29) is 5.91 Å². The first-order valence-corrected chi connectivity index (χ1v) is 9.50. The van der Waals surface area contributed by atoms with Gasteiger partial charge in [-0.15, -0.1) is 4.58 Å². The number of anilines is 1. The molecule has 0 atom stereocenters. The number of likely N-dealkylation sites (N-methyl/N-ethyl adjacent to an activating group) is 1. The number of halogens is 1. The topological polar surface area (TPSA) is 44.1 Å². The van der Waals surface area contributed by atoms with E-state index in [2.05, 4.69) is 45.6 Å². The number of carbonyl (C=O) groups is 1. The molecule has 4 rings (SSSR count). The standard InChI is InChI=1S/C20H20BrN3O/c1-3-23-17-11-18-16(10-15(17)12-4-5-12)19(20(25)22-2)24(18)14-8-6-13(21)7-9-14/h6-12H,3-5H2,1-2H3,(H,22,25)/p+1. The maximum atomic E-state index is 12.5. The van der Waals surface area contributed by atoms with Gasteiger partial charge in [-0.1, -0.05) is 15.9 Å². The van der Waals surface area contributed by atoms with Crippen molar-refractivity contribution in [1.29, 1.82) is 0 Å². The van der Waals surface area contributed by atoms with E-state index >= 15 is 0 Å². The summed E-state index contributed by atoms with van der Waals surface area (Å²) in [4.78, 5) is 12.5. The molecule has 4 nitrogen and oxygen atoms in total. The summed E-state index contributed by atoms with van der Waals surface area (Å²) in [6, 6.07) is 12.5. The Morgan fingerprint density at radius 2 is 1.96 bits per heavy atom. The van der Waals surface area contributed by atoms with Gasteiger partial charge in [0.05, 0.1) is 0 Å². The van der Waals surface area contributed by atoms with Crippen LogP contribution in [0.25, 0.3) is 5.70 Å². The summed E-state index contributed by atoms with van der Waals surface area (Å²) in [7, 11) is 1.68. The number of nitrogens with one attached hydrogen (secondary N) is 2. The Kier molecular flexibility index (Phi) is 4.12. The monoisotopic (exact) mass is 398 g/mol. The van der Waals surface area contributed by atoms with E-state index in [1.54, 1.807) is 7.05 Å². The van der Waals surface area contributed by atoms with Crippen molar-refractivity contribution >= 4 is 38.9 Å². The Morgan fingerprint density at radius 3 is 2.56 bits per heavy atom. The lowest BCUT2D eigenvalue weighted by Crippen LogP contribution is -2.53. The number of hydrogen-bond acceptors (Lipinski definition) is 2. The van der Waals surface area contributed by atoms with Crippen LogP contribution >= 0.6 is 15.9 Å². The Labute approximate surface area is 155 Å². The molecule has 2 aromatic rings. The van der Waals surface area contributed by atoms with Gasteiger partial charge in [-0.05, 0) is 49.4 Å². The van der Waals surface area contributed by atoms with Crippen LogP contribution in [0.4, 0.5) is 11.4 Å². The number of rotatable bonds is 5. The number of carbonyl (C=O) groups excluding carboxylic acids is 1. The van der Waals surface area contributed by atoms with Gasteiger partial charge in [-0.2, -0.15) is 0 Å². The van der Waals surface area contributed by atoms with Gasteiger partial charge in [0, 0.05) is 42.0 Å². The van der Waals surface area contributed by atoms with E-state index in [9.17, 15) is 4.79 Å². The molecule has 2 aromatic carbocycles. The van der Waals surface area contributed by atoms with Gasteiger partial charge in [-0.25, -0.2) is 0 Å². The van der Waals surface area contributed by atoms with E-state index < -0.39 is 0 Å². The van der Waals surface area contributed by atoms with Crippen LogP contribution in [0.1, 0.15) is 31.2 Å². The van der Waals surface area contributed by atoms with Gasteiger partial charge in [0.15, 0.2) is 0 Å². The second-order valence-corrected chi connectivity index (χ2v) is 7.42. The van der Waals surface area contributed by atoms with E-state index in [0.717, 1.165) is 33.0 Å². The second-order valence-electron chi connectivity index (χ2n) is 6.50. The third-order valence-corrected chi connectivity index (χ3v) is 5.33. The minimum absolute atomic E-state index is 0.0478. The molecule has 1 heterocycles. The zero-order valence-electron chi connectivity index (χ0n) is 14.4.